The molecule has 4 heteroatoms. The second-order valence-corrected chi connectivity index (χ2v) is 5.51. The molecule has 2 atom stereocenters. The fraction of sp³-hybridized carbons (Fsp3) is 0.600. The smallest absolute Gasteiger partial charge is 0.250 e. The zero-order valence-electron chi connectivity index (χ0n) is 11.4. The van der Waals surface area contributed by atoms with Crippen LogP contribution in [0.25, 0.3) is 0 Å². The minimum absolute atomic E-state index is 0.182. The molecular weight excluding hydrogens is 246 g/mol. The Kier molecular flexibility index (Phi) is 5.28. The second kappa shape index (κ2) is 6.96. The summed E-state index contributed by atoms with van der Waals surface area (Å²) in [4.78, 5) is 2.24. The maximum absolute atomic E-state index is 12.3. The van der Waals surface area contributed by atoms with Gasteiger partial charge in [0.2, 0.25) is 0 Å². The highest BCUT2D eigenvalue weighted by molar-refractivity contribution is 5.15. The van der Waals surface area contributed by atoms with Crippen LogP contribution in [-0.4, -0.2) is 44.0 Å². The molecule has 19 heavy (non-hydrogen) atoms. The Balaban J connectivity index is 1.87. The molecular formula is C15H22F2N2. The summed E-state index contributed by atoms with van der Waals surface area (Å²) in [5.74, 6) is 0.538. The Labute approximate surface area is 113 Å². The maximum Gasteiger partial charge on any atom is 0.250 e. The van der Waals surface area contributed by atoms with Crippen LogP contribution in [0.3, 0.4) is 0 Å². The van der Waals surface area contributed by atoms with E-state index in [0.717, 1.165) is 25.9 Å². The van der Waals surface area contributed by atoms with Gasteiger partial charge in [-0.25, -0.2) is 8.78 Å². The number of halogens is 2. The highest BCUT2D eigenvalue weighted by atomic mass is 19.3. The van der Waals surface area contributed by atoms with Crippen LogP contribution in [0, 0.1) is 5.92 Å². The van der Waals surface area contributed by atoms with Crippen LogP contribution in [0.1, 0.15) is 12.0 Å². The lowest BCUT2D eigenvalue weighted by atomic mass is 9.89. The molecule has 1 aliphatic heterocycles. The molecule has 1 N–H and O–H groups in total. The van der Waals surface area contributed by atoms with Gasteiger partial charge in [-0.3, -0.25) is 0 Å². The Morgan fingerprint density at radius 3 is 2.68 bits per heavy atom. The molecule has 0 amide bonds. The van der Waals surface area contributed by atoms with Crippen molar-refractivity contribution in [3.63, 3.8) is 0 Å². The largest absolute Gasteiger partial charge is 0.307 e. The fourth-order valence-corrected chi connectivity index (χ4v) is 2.94. The van der Waals surface area contributed by atoms with Crippen molar-refractivity contribution in [2.75, 3.05) is 26.7 Å². The van der Waals surface area contributed by atoms with Crippen molar-refractivity contribution in [3.05, 3.63) is 35.9 Å². The molecule has 0 bridgehead atoms. The molecule has 0 saturated carbocycles. The molecule has 2 rings (SSSR count). The van der Waals surface area contributed by atoms with Crippen LogP contribution in [0.4, 0.5) is 8.78 Å². The van der Waals surface area contributed by atoms with E-state index >= 15 is 0 Å². The third-order valence-electron chi connectivity index (χ3n) is 3.65. The number of piperidine rings is 1. The van der Waals surface area contributed by atoms with Gasteiger partial charge < -0.3 is 10.2 Å². The molecule has 1 aromatic carbocycles. The van der Waals surface area contributed by atoms with Crippen LogP contribution in [0.15, 0.2) is 30.3 Å². The molecule has 0 radical (unpaired) electrons. The molecule has 106 valence electrons. The average molecular weight is 268 g/mol. The van der Waals surface area contributed by atoms with E-state index in [1.807, 2.05) is 6.07 Å². The average Bonchev–Trinajstić information content (AvgIpc) is 2.37. The number of hydrogen-bond acceptors (Lipinski definition) is 2. The summed E-state index contributed by atoms with van der Waals surface area (Å²) in [5, 5.41) is 2.98. The second-order valence-electron chi connectivity index (χ2n) is 5.51. The summed E-state index contributed by atoms with van der Waals surface area (Å²) in [6, 6.07) is 10.6. The lowest BCUT2D eigenvalue weighted by Crippen LogP contribution is -2.49. The van der Waals surface area contributed by atoms with Gasteiger partial charge in [0.15, 0.2) is 0 Å². The first-order chi connectivity index (χ1) is 9.13. The Morgan fingerprint density at radius 2 is 2.00 bits per heavy atom. The number of hydrogen-bond donors (Lipinski definition) is 1. The third kappa shape index (κ3) is 4.88. The SMILES string of the molecule is CN1CC(Cc2ccccc2)CC(NCC(F)F)C1. The monoisotopic (exact) mass is 268 g/mol. The van der Waals surface area contributed by atoms with E-state index in [-0.39, 0.29) is 12.6 Å². The predicted molar refractivity (Wildman–Crippen MR) is 73.5 cm³/mol. The van der Waals surface area contributed by atoms with Crippen molar-refractivity contribution in [2.45, 2.75) is 25.3 Å². The molecule has 2 unspecified atom stereocenters. The van der Waals surface area contributed by atoms with E-state index in [1.165, 1.54) is 5.56 Å². The van der Waals surface area contributed by atoms with Crippen molar-refractivity contribution in [1.29, 1.82) is 0 Å². The zero-order valence-corrected chi connectivity index (χ0v) is 11.4. The van der Waals surface area contributed by atoms with E-state index in [1.54, 1.807) is 0 Å². The van der Waals surface area contributed by atoms with E-state index in [9.17, 15) is 8.78 Å². The van der Waals surface area contributed by atoms with E-state index in [4.69, 9.17) is 0 Å². The molecule has 0 aromatic heterocycles. The molecule has 1 aromatic rings. The molecule has 1 fully saturated rings. The lowest BCUT2D eigenvalue weighted by molar-refractivity contribution is 0.119. The third-order valence-corrected chi connectivity index (χ3v) is 3.65. The van der Waals surface area contributed by atoms with Crippen LogP contribution < -0.4 is 5.32 Å². The van der Waals surface area contributed by atoms with Crippen LogP contribution in [0.2, 0.25) is 0 Å². The van der Waals surface area contributed by atoms with Crippen LogP contribution in [-0.2, 0) is 6.42 Å². The number of nitrogens with zero attached hydrogens (tertiary/aromatic N) is 1. The summed E-state index contributed by atoms with van der Waals surface area (Å²) < 4.78 is 24.5. The van der Waals surface area contributed by atoms with E-state index in [0.29, 0.717) is 5.92 Å². The number of alkyl halides is 2. The van der Waals surface area contributed by atoms with Gasteiger partial charge in [0.25, 0.3) is 6.43 Å². The zero-order chi connectivity index (χ0) is 13.7. The number of likely N-dealkylation sites (N-methyl/N-ethyl adjacent to an activating group) is 1. The van der Waals surface area contributed by atoms with E-state index in [2.05, 4.69) is 41.5 Å². The highest BCUT2D eigenvalue weighted by Gasteiger charge is 2.25. The minimum Gasteiger partial charge on any atom is -0.307 e. The Morgan fingerprint density at radius 1 is 1.26 bits per heavy atom. The number of rotatable bonds is 5. The molecule has 1 aliphatic rings. The summed E-state index contributed by atoms with van der Waals surface area (Å²) >= 11 is 0. The minimum atomic E-state index is -2.26. The number of likely N-dealkylation sites (tertiary alicyclic amines) is 1. The van der Waals surface area contributed by atoms with Crippen molar-refractivity contribution >= 4 is 0 Å². The Hall–Kier alpha value is -1.00. The molecule has 1 heterocycles. The van der Waals surface area contributed by atoms with Crippen molar-refractivity contribution < 1.29 is 8.78 Å². The number of benzene rings is 1. The number of nitrogens with one attached hydrogen (secondary N) is 1. The quantitative estimate of drug-likeness (QED) is 0.882. The summed E-state index contributed by atoms with van der Waals surface area (Å²) in [6.07, 6.45) is -0.260. The Bertz CT molecular complexity index is 370. The van der Waals surface area contributed by atoms with Crippen LogP contribution >= 0.6 is 0 Å². The van der Waals surface area contributed by atoms with Gasteiger partial charge in [-0.2, -0.15) is 0 Å². The van der Waals surface area contributed by atoms with Gasteiger partial charge in [0, 0.05) is 19.1 Å². The van der Waals surface area contributed by atoms with Gasteiger partial charge >= 0.3 is 0 Å². The standard InChI is InChI=1S/C15H22F2N2/c1-19-10-13(7-12-5-3-2-4-6-12)8-14(11-19)18-9-15(16)17/h2-6,13-15,18H,7-11H2,1H3. The summed E-state index contributed by atoms with van der Waals surface area (Å²) in [7, 11) is 2.06. The van der Waals surface area contributed by atoms with Gasteiger partial charge in [0.1, 0.15) is 0 Å². The molecule has 0 spiro atoms. The maximum atomic E-state index is 12.3. The molecule has 0 aliphatic carbocycles. The normalized spacial score (nSPS) is 24.8. The van der Waals surface area contributed by atoms with Gasteiger partial charge in [0.05, 0.1) is 6.54 Å². The van der Waals surface area contributed by atoms with Crippen molar-refractivity contribution in [3.8, 4) is 0 Å². The first-order valence-corrected chi connectivity index (χ1v) is 6.87. The topological polar surface area (TPSA) is 15.3 Å². The summed E-state index contributed by atoms with van der Waals surface area (Å²) in [6.45, 7) is 1.70. The molecule has 1 saturated heterocycles. The van der Waals surface area contributed by atoms with Crippen molar-refractivity contribution in [2.24, 2.45) is 5.92 Å². The van der Waals surface area contributed by atoms with Gasteiger partial charge in [-0.15, -0.1) is 0 Å². The van der Waals surface area contributed by atoms with Crippen molar-refractivity contribution in [1.82, 2.24) is 10.2 Å². The lowest BCUT2D eigenvalue weighted by Gasteiger charge is -2.36. The van der Waals surface area contributed by atoms with Crippen LogP contribution in [0.5, 0.6) is 0 Å². The predicted octanol–water partition coefficient (Wildman–Crippen LogP) is 2.40. The first kappa shape index (κ1) is 14.4. The molecule has 2 nitrogen and oxygen atoms in total. The fourth-order valence-electron chi connectivity index (χ4n) is 2.94. The highest BCUT2D eigenvalue weighted by Crippen LogP contribution is 2.20. The summed E-state index contributed by atoms with van der Waals surface area (Å²) in [5.41, 5.74) is 1.33. The van der Waals surface area contributed by atoms with Gasteiger partial charge in [-0.1, -0.05) is 30.3 Å². The first-order valence-electron chi connectivity index (χ1n) is 6.87. The van der Waals surface area contributed by atoms with Gasteiger partial charge in [-0.05, 0) is 31.4 Å². The van der Waals surface area contributed by atoms with E-state index < -0.39 is 6.43 Å².